The van der Waals surface area contributed by atoms with E-state index in [9.17, 15) is 14.4 Å². The van der Waals surface area contributed by atoms with Crippen LogP contribution in [-0.2, 0) is 9.59 Å². The van der Waals surface area contributed by atoms with Crippen molar-refractivity contribution in [2.24, 2.45) is 11.7 Å². The number of rotatable bonds is 5. The number of ketones is 1. The molecule has 0 bridgehead atoms. The third-order valence-electron chi connectivity index (χ3n) is 4.47. The monoisotopic (exact) mass is 332 g/mol. The second-order valence-electron chi connectivity index (χ2n) is 6.36. The van der Waals surface area contributed by atoms with E-state index in [0.717, 1.165) is 6.42 Å². The molecule has 130 valence electrons. The molecule has 0 radical (unpaired) electrons. The number of likely N-dealkylation sites (tertiary alicyclic amines) is 1. The summed E-state index contributed by atoms with van der Waals surface area (Å²) in [6.45, 7) is 5.44. The number of nitrogens with two attached hydrogens (primary N) is 1. The van der Waals surface area contributed by atoms with Crippen LogP contribution in [0.15, 0.2) is 24.3 Å². The zero-order chi connectivity index (χ0) is 17.9. The van der Waals surface area contributed by atoms with Crippen LogP contribution in [0.3, 0.4) is 0 Å². The summed E-state index contributed by atoms with van der Waals surface area (Å²) in [6, 6.07) is 6.80. The fraction of sp³-hybridized carbons (Fsp3) is 0.500. The van der Waals surface area contributed by atoms with E-state index < -0.39 is 6.10 Å². The summed E-state index contributed by atoms with van der Waals surface area (Å²) in [4.78, 5) is 37.2. The molecule has 6 heteroatoms. The molecule has 0 spiro atoms. The van der Waals surface area contributed by atoms with Gasteiger partial charge in [-0.15, -0.1) is 0 Å². The number of hydrogen-bond donors (Lipinski definition) is 1. The van der Waals surface area contributed by atoms with Crippen LogP contribution in [0.2, 0.25) is 0 Å². The Hall–Kier alpha value is -2.37. The van der Waals surface area contributed by atoms with Crippen LogP contribution in [0.1, 0.15) is 44.0 Å². The Balaban J connectivity index is 2.07. The van der Waals surface area contributed by atoms with Gasteiger partial charge in [0.1, 0.15) is 5.75 Å². The van der Waals surface area contributed by atoms with E-state index >= 15 is 0 Å². The molecule has 1 aliphatic heterocycles. The maximum atomic E-state index is 12.7. The number of hydrogen-bond acceptors (Lipinski definition) is 4. The SMILES string of the molecule is CC(=O)c1cccc(OC(C)C(=O)N2CC(C(N)=O)CCC2C)c1. The molecule has 2 N–H and O–H groups in total. The number of carbonyl (C=O) groups excluding carboxylic acids is 3. The first-order chi connectivity index (χ1) is 11.3. The minimum Gasteiger partial charge on any atom is -0.481 e. The molecule has 1 aliphatic rings. The number of nitrogens with zero attached hydrogens (tertiary/aromatic N) is 1. The van der Waals surface area contributed by atoms with Gasteiger partial charge in [-0.05, 0) is 45.7 Å². The Morgan fingerprint density at radius 1 is 1.29 bits per heavy atom. The summed E-state index contributed by atoms with van der Waals surface area (Å²) in [5.74, 6) is -0.449. The summed E-state index contributed by atoms with van der Waals surface area (Å²) in [6.07, 6.45) is 0.739. The molecule has 1 heterocycles. The first-order valence-corrected chi connectivity index (χ1v) is 8.17. The van der Waals surface area contributed by atoms with Gasteiger partial charge in [0, 0.05) is 18.2 Å². The fourth-order valence-electron chi connectivity index (χ4n) is 2.92. The average molecular weight is 332 g/mol. The van der Waals surface area contributed by atoms with Gasteiger partial charge in [0.05, 0.1) is 5.92 Å². The highest BCUT2D eigenvalue weighted by Crippen LogP contribution is 2.23. The van der Waals surface area contributed by atoms with Gasteiger partial charge in [0.15, 0.2) is 11.9 Å². The predicted octanol–water partition coefficient (Wildman–Crippen LogP) is 1.77. The predicted molar refractivity (Wildman–Crippen MR) is 89.6 cm³/mol. The van der Waals surface area contributed by atoms with Crippen molar-refractivity contribution in [1.29, 1.82) is 0 Å². The van der Waals surface area contributed by atoms with Gasteiger partial charge in [0.2, 0.25) is 5.91 Å². The van der Waals surface area contributed by atoms with Crippen molar-refractivity contribution in [3.05, 3.63) is 29.8 Å². The maximum Gasteiger partial charge on any atom is 0.263 e. The number of piperidine rings is 1. The van der Waals surface area contributed by atoms with Gasteiger partial charge in [-0.25, -0.2) is 0 Å². The van der Waals surface area contributed by atoms with Gasteiger partial charge >= 0.3 is 0 Å². The molecule has 0 saturated carbocycles. The fourth-order valence-corrected chi connectivity index (χ4v) is 2.92. The van der Waals surface area contributed by atoms with Gasteiger partial charge in [-0.2, -0.15) is 0 Å². The van der Waals surface area contributed by atoms with Gasteiger partial charge in [0.25, 0.3) is 5.91 Å². The molecule has 24 heavy (non-hydrogen) atoms. The van der Waals surface area contributed by atoms with Crippen molar-refractivity contribution < 1.29 is 19.1 Å². The largest absolute Gasteiger partial charge is 0.481 e. The number of ether oxygens (including phenoxy) is 1. The van der Waals surface area contributed by atoms with Crippen molar-refractivity contribution in [1.82, 2.24) is 4.90 Å². The molecule has 6 nitrogen and oxygen atoms in total. The van der Waals surface area contributed by atoms with Crippen molar-refractivity contribution in [3.63, 3.8) is 0 Å². The first kappa shape index (κ1) is 18.0. The highest BCUT2D eigenvalue weighted by molar-refractivity contribution is 5.94. The molecule has 2 rings (SSSR count). The van der Waals surface area contributed by atoms with E-state index in [1.165, 1.54) is 6.92 Å². The van der Waals surface area contributed by atoms with Crippen molar-refractivity contribution in [3.8, 4) is 5.75 Å². The second kappa shape index (κ2) is 7.47. The Bertz CT molecular complexity index is 644. The molecule has 3 unspecified atom stereocenters. The lowest BCUT2D eigenvalue weighted by atomic mass is 9.92. The van der Waals surface area contributed by atoms with Crippen molar-refractivity contribution in [2.75, 3.05) is 6.54 Å². The van der Waals surface area contributed by atoms with Crippen LogP contribution >= 0.6 is 0 Å². The molecule has 1 fully saturated rings. The average Bonchev–Trinajstić information content (AvgIpc) is 2.54. The Morgan fingerprint density at radius 3 is 2.62 bits per heavy atom. The third-order valence-corrected chi connectivity index (χ3v) is 4.47. The summed E-state index contributed by atoms with van der Waals surface area (Å²) in [5.41, 5.74) is 5.91. The van der Waals surface area contributed by atoms with Gasteiger partial charge < -0.3 is 15.4 Å². The second-order valence-corrected chi connectivity index (χ2v) is 6.36. The van der Waals surface area contributed by atoms with E-state index in [-0.39, 0.29) is 29.6 Å². The maximum absolute atomic E-state index is 12.7. The molecule has 0 aromatic heterocycles. The molecule has 3 atom stereocenters. The highest BCUT2D eigenvalue weighted by Gasteiger charge is 2.34. The highest BCUT2D eigenvalue weighted by atomic mass is 16.5. The van der Waals surface area contributed by atoms with Crippen molar-refractivity contribution in [2.45, 2.75) is 45.8 Å². The summed E-state index contributed by atoms with van der Waals surface area (Å²) in [5, 5.41) is 0. The topological polar surface area (TPSA) is 89.7 Å². The van der Waals surface area contributed by atoms with Crippen LogP contribution in [0.5, 0.6) is 5.75 Å². The molecule has 1 saturated heterocycles. The molecule has 1 aromatic rings. The van der Waals surface area contributed by atoms with Crippen LogP contribution < -0.4 is 10.5 Å². The standard InChI is InChI=1S/C18H24N2O4/c1-11-7-8-15(17(19)22)10-20(11)18(23)13(3)24-16-6-4-5-14(9-16)12(2)21/h4-6,9,11,13,15H,7-8,10H2,1-3H3,(H2,19,22). The Kier molecular flexibility index (Phi) is 5.59. The smallest absolute Gasteiger partial charge is 0.263 e. The van der Waals surface area contributed by atoms with E-state index in [2.05, 4.69) is 0 Å². The lowest BCUT2D eigenvalue weighted by Crippen LogP contribution is -2.52. The number of Topliss-reactive ketones (excluding diaryl/α,β-unsaturated/α-hetero) is 1. The van der Waals surface area contributed by atoms with E-state index in [4.69, 9.17) is 10.5 Å². The summed E-state index contributed by atoms with van der Waals surface area (Å²) < 4.78 is 5.70. The molecular weight excluding hydrogens is 308 g/mol. The van der Waals surface area contributed by atoms with Crippen LogP contribution in [0, 0.1) is 5.92 Å². The summed E-state index contributed by atoms with van der Waals surface area (Å²) in [7, 11) is 0. The van der Waals surface area contributed by atoms with Gasteiger partial charge in [-0.1, -0.05) is 12.1 Å². The lowest BCUT2D eigenvalue weighted by molar-refractivity contribution is -0.143. The van der Waals surface area contributed by atoms with E-state index in [1.807, 2.05) is 6.92 Å². The van der Waals surface area contributed by atoms with E-state index in [0.29, 0.717) is 24.3 Å². The minimum absolute atomic E-state index is 0.0442. The van der Waals surface area contributed by atoms with Crippen LogP contribution in [0.4, 0.5) is 0 Å². The lowest BCUT2D eigenvalue weighted by Gasteiger charge is -2.38. The third kappa shape index (κ3) is 4.13. The minimum atomic E-state index is -0.707. The van der Waals surface area contributed by atoms with Crippen LogP contribution in [0.25, 0.3) is 0 Å². The number of carbonyl (C=O) groups is 3. The van der Waals surface area contributed by atoms with Crippen molar-refractivity contribution >= 4 is 17.6 Å². The Morgan fingerprint density at radius 2 is 2.00 bits per heavy atom. The molecule has 2 amide bonds. The zero-order valence-electron chi connectivity index (χ0n) is 14.3. The number of amides is 2. The molecular formula is C18H24N2O4. The normalized spacial score (nSPS) is 21.9. The van der Waals surface area contributed by atoms with E-state index in [1.54, 1.807) is 36.1 Å². The first-order valence-electron chi connectivity index (χ1n) is 8.17. The number of benzene rings is 1. The quantitative estimate of drug-likeness (QED) is 0.832. The van der Waals surface area contributed by atoms with Gasteiger partial charge in [-0.3, -0.25) is 14.4 Å². The van der Waals surface area contributed by atoms with Crippen LogP contribution in [-0.4, -0.2) is 41.2 Å². The number of primary amides is 1. The molecule has 0 aliphatic carbocycles. The Labute approximate surface area is 142 Å². The molecule has 1 aromatic carbocycles. The summed E-state index contributed by atoms with van der Waals surface area (Å²) >= 11 is 0. The zero-order valence-corrected chi connectivity index (χ0v) is 14.3.